The van der Waals surface area contributed by atoms with Crippen LogP contribution in [0, 0.1) is 0 Å². The number of nitrogen functional groups attached to an aromatic ring is 3. The molecule has 8 rings (SSSR count). The molecule has 15 heteroatoms. The Hall–Kier alpha value is -6.32. The first-order valence-corrected chi connectivity index (χ1v) is 20.9. The lowest BCUT2D eigenvalue weighted by atomic mass is 10.1. The highest BCUT2D eigenvalue weighted by molar-refractivity contribution is 7.13. The number of rotatable bonds is 8. The van der Waals surface area contributed by atoms with Crippen molar-refractivity contribution in [2.75, 3.05) is 17.2 Å². The quantitative estimate of drug-likeness (QED) is 0.130. The Morgan fingerprint density at radius 1 is 0.492 bits per heavy atom. The zero-order valence-corrected chi connectivity index (χ0v) is 36.2. The fourth-order valence-corrected chi connectivity index (χ4v) is 6.50. The molecule has 0 aliphatic rings. The third-order valence-corrected chi connectivity index (χ3v) is 10.5. The van der Waals surface area contributed by atoms with E-state index in [2.05, 4.69) is 108 Å². The van der Waals surface area contributed by atoms with Crippen molar-refractivity contribution in [2.24, 2.45) is 0 Å². The molecular formula is C44H51N11O2S2. The molecule has 0 aromatic carbocycles. The van der Waals surface area contributed by atoms with Gasteiger partial charge in [0.15, 0.2) is 17.3 Å². The van der Waals surface area contributed by atoms with Crippen LogP contribution in [-0.2, 0) is 0 Å². The maximum absolute atomic E-state index is 5.57. The lowest BCUT2D eigenvalue weighted by Crippen LogP contribution is -1.91. The maximum Gasteiger partial charge on any atom is 0.187 e. The standard InChI is InChI=1S/C11H13N3O.2C11H13N3S.C11H12N2O/c1-7(2)8-3-4-9(13-6-8)10-5-11(12)14-15-10;1-7(2)9-4-3-8(5-13-9)11-14-10(12)6-15-11;1-7(2)8-3-4-9(13-5-8)11-14-10(12)6-15-11;1-8(2)9-3-4-10(12-7-9)11-5-6-13-14-11/h3-7H,1-2H3,(H2,12,14);2*3-7H,12H2,1-2H3;3-8H,1-2H3. The minimum absolute atomic E-state index is 0.375. The summed E-state index contributed by atoms with van der Waals surface area (Å²) in [6.07, 6.45) is 9.10. The number of aromatic nitrogens is 8. The summed E-state index contributed by atoms with van der Waals surface area (Å²) >= 11 is 3.06. The summed E-state index contributed by atoms with van der Waals surface area (Å²) in [6, 6.07) is 19.6. The van der Waals surface area contributed by atoms with Crippen molar-refractivity contribution in [2.45, 2.75) is 79.1 Å². The van der Waals surface area contributed by atoms with Crippen LogP contribution in [-0.4, -0.2) is 40.2 Å². The van der Waals surface area contributed by atoms with Gasteiger partial charge in [-0.05, 0) is 70.7 Å². The molecule has 0 unspecified atom stereocenters. The third-order valence-electron chi connectivity index (χ3n) is 8.72. The first-order chi connectivity index (χ1) is 28.3. The largest absolute Gasteiger partial charge is 0.383 e. The zero-order chi connectivity index (χ0) is 42.5. The van der Waals surface area contributed by atoms with Crippen LogP contribution in [0.25, 0.3) is 44.2 Å². The third kappa shape index (κ3) is 12.8. The molecule has 0 radical (unpaired) electrons. The fraction of sp³-hybridized carbons (Fsp3) is 0.273. The Balaban J connectivity index is 0.000000150. The summed E-state index contributed by atoms with van der Waals surface area (Å²) in [6.45, 7) is 17.1. The first kappa shape index (κ1) is 43.8. The summed E-state index contributed by atoms with van der Waals surface area (Å²) < 4.78 is 10.0. The van der Waals surface area contributed by atoms with Crippen LogP contribution in [0.1, 0.15) is 101 Å². The number of pyridine rings is 4. The van der Waals surface area contributed by atoms with Gasteiger partial charge in [-0.25, -0.2) is 9.97 Å². The van der Waals surface area contributed by atoms with Gasteiger partial charge in [0.05, 0.1) is 11.9 Å². The molecule has 8 aromatic rings. The molecule has 0 aliphatic heterocycles. The number of nitrogens with two attached hydrogens (primary N) is 3. The van der Waals surface area contributed by atoms with E-state index in [1.807, 2.05) is 71.9 Å². The van der Waals surface area contributed by atoms with Crippen molar-refractivity contribution < 1.29 is 9.05 Å². The average molecular weight is 830 g/mol. The van der Waals surface area contributed by atoms with Crippen molar-refractivity contribution in [1.29, 1.82) is 0 Å². The predicted octanol–water partition coefficient (Wildman–Crippen LogP) is 11.1. The lowest BCUT2D eigenvalue weighted by Gasteiger charge is -2.04. The van der Waals surface area contributed by atoms with Crippen molar-refractivity contribution in [3.05, 3.63) is 125 Å². The second kappa shape index (κ2) is 20.9. The zero-order valence-electron chi connectivity index (χ0n) is 34.6. The van der Waals surface area contributed by atoms with Crippen molar-refractivity contribution in [3.8, 4) is 44.2 Å². The fourth-order valence-electron chi connectivity index (χ4n) is 5.11. The molecule has 0 aliphatic carbocycles. The minimum Gasteiger partial charge on any atom is -0.383 e. The highest BCUT2D eigenvalue weighted by Gasteiger charge is 2.09. The molecule has 0 bridgehead atoms. The number of hydrogen-bond acceptors (Lipinski definition) is 15. The summed E-state index contributed by atoms with van der Waals surface area (Å²) in [5.74, 6) is 4.77. The molecule has 13 nitrogen and oxygen atoms in total. The van der Waals surface area contributed by atoms with Gasteiger partial charge < -0.3 is 26.2 Å². The SMILES string of the molecule is CC(C)c1ccc(-c2cc(N)no2)nc1.CC(C)c1ccc(-c2ccno2)nc1.CC(C)c1ccc(-c2nc(N)cs2)cn1.CC(C)c1ccc(-c2nc(N)cs2)nc1. The summed E-state index contributed by atoms with van der Waals surface area (Å²) in [5.41, 5.74) is 24.9. The van der Waals surface area contributed by atoms with Crippen LogP contribution >= 0.6 is 22.7 Å². The molecule has 8 heterocycles. The van der Waals surface area contributed by atoms with Gasteiger partial charge in [0.2, 0.25) is 0 Å². The van der Waals surface area contributed by atoms with Crippen LogP contribution in [0.4, 0.5) is 17.5 Å². The Kier molecular flexibility index (Phi) is 15.5. The molecule has 6 N–H and O–H groups in total. The van der Waals surface area contributed by atoms with Gasteiger partial charge in [0.25, 0.3) is 0 Å². The molecule has 0 spiro atoms. The monoisotopic (exact) mass is 829 g/mol. The number of thiazole rings is 2. The molecule has 0 amide bonds. The summed E-state index contributed by atoms with van der Waals surface area (Å²) in [7, 11) is 0. The van der Waals surface area contributed by atoms with Gasteiger partial charge in [0, 0.05) is 58.9 Å². The highest BCUT2D eigenvalue weighted by atomic mass is 32.1. The Morgan fingerprint density at radius 2 is 1.02 bits per heavy atom. The van der Waals surface area contributed by atoms with E-state index in [1.54, 1.807) is 29.7 Å². The molecule has 0 saturated carbocycles. The second-order valence-electron chi connectivity index (χ2n) is 14.7. The molecular weight excluding hydrogens is 779 g/mol. The lowest BCUT2D eigenvalue weighted by molar-refractivity contribution is 0.431. The van der Waals surface area contributed by atoms with Crippen molar-refractivity contribution >= 4 is 40.1 Å². The van der Waals surface area contributed by atoms with Crippen LogP contribution < -0.4 is 17.2 Å². The van der Waals surface area contributed by atoms with Gasteiger partial charge in [-0.3, -0.25) is 19.9 Å². The highest BCUT2D eigenvalue weighted by Crippen LogP contribution is 2.26. The predicted molar refractivity (Wildman–Crippen MR) is 240 cm³/mol. The molecule has 306 valence electrons. The van der Waals surface area contributed by atoms with Crippen LogP contribution in [0.2, 0.25) is 0 Å². The maximum atomic E-state index is 5.57. The van der Waals surface area contributed by atoms with E-state index in [4.69, 9.17) is 26.2 Å². The van der Waals surface area contributed by atoms with E-state index in [0.29, 0.717) is 52.6 Å². The van der Waals surface area contributed by atoms with Gasteiger partial charge in [0.1, 0.15) is 33.0 Å². The van der Waals surface area contributed by atoms with Gasteiger partial charge in [-0.2, -0.15) is 0 Å². The minimum atomic E-state index is 0.375. The first-order valence-electron chi connectivity index (χ1n) is 19.2. The van der Waals surface area contributed by atoms with Crippen LogP contribution in [0.3, 0.4) is 0 Å². The van der Waals surface area contributed by atoms with E-state index < -0.39 is 0 Å². The molecule has 0 atom stereocenters. The number of hydrogen-bond donors (Lipinski definition) is 3. The van der Waals surface area contributed by atoms with Crippen LogP contribution in [0.5, 0.6) is 0 Å². The average Bonchev–Trinajstić information content (AvgIpc) is 4.09. The van der Waals surface area contributed by atoms with E-state index in [9.17, 15) is 0 Å². The van der Waals surface area contributed by atoms with E-state index >= 15 is 0 Å². The van der Waals surface area contributed by atoms with Crippen LogP contribution in [0.15, 0.2) is 111 Å². The van der Waals surface area contributed by atoms with Gasteiger partial charge in [-0.1, -0.05) is 83.9 Å². The van der Waals surface area contributed by atoms with Gasteiger partial charge in [-0.15, -0.1) is 22.7 Å². The Bertz CT molecular complexity index is 2210. The Labute approximate surface area is 353 Å². The summed E-state index contributed by atoms with van der Waals surface area (Å²) in [4.78, 5) is 25.8. The molecule has 8 aromatic heterocycles. The topological polar surface area (TPSA) is 207 Å². The van der Waals surface area contributed by atoms with Crippen molar-refractivity contribution in [3.63, 3.8) is 0 Å². The van der Waals surface area contributed by atoms with E-state index in [1.165, 1.54) is 28.0 Å². The molecule has 0 fully saturated rings. The summed E-state index contributed by atoms with van der Waals surface area (Å²) in [5, 5.41) is 12.7. The second-order valence-corrected chi connectivity index (χ2v) is 16.4. The Morgan fingerprint density at radius 3 is 1.39 bits per heavy atom. The number of anilines is 3. The smallest absolute Gasteiger partial charge is 0.187 e. The molecule has 59 heavy (non-hydrogen) atoms. The van der Waals surface area contributed by atoms with E-state index in [-0.39, 0.29) is 0 Å². The normalized spacial score (nSPS) is 10.8. The van der Waals surface area contributed by atoms with Gasteiger partial charge >= 0.3 is 0 Å². The van der Waals surface area contributed by atoms with Crippen molar-refractivity contribution in [1.82, 2.24) is 40.2 Å². The number of nitrogens with zero attached hydrogens (tertiary/aromatic N) is 8. The van der Waals surface area contributed by atoms with E-state index in [0.717, 1.165) is 38.4 Å². The molecule has 0 saturated heterocycles.